The van der Waals surface area contributed by atoms with Gasteiger partial charge in [0.15, 0.2) is 12.6 Å². The second kappa shape index (κ2) is 15.0. The van der Waals surface area contributed by atoms with Gasteiger partial charge in [0.1, 0.15) is 67.0 Å². The summed E-state index contributed by atoms with van der Waals surface area (Å²) in [5.74, 6) is -5.85. The molecule has 3 aliphatic rings. The summed E-state index contributed by atoms with van der Waals surface area (Å²) in [6, 6.07) is -2.83. The molecule has 0 aromatic rings. The highest BCUT2D eigenvalue weighted by molar-refractivity contribution is 5.76. The largest absolute Gasteiger partial charge is 0.477 e. The highest BCUT2D eigenvalue weighted by Crippen LogP contribution is 2.34. The molecule has 0 aromatic heterocycles. The van der Waals surface area contributed by atoms with Crippen molar-refractivity contribution in [3.8, 4) is 0 Å². The number of carboxylic acid groups (broad SMARTS) is 1. The Morgan fingerprint density at radius 3 is 1.93 bits per heavy atom. The van der Waals surface area contributed by atoms with Crippen molar-refractivity contribution in [3.05, 3.63) is 0 Å². The predicted molar refractivity (Wildman–Crippen MR) is 136 cm³/mol. The third-order valence-electron chi connectivity index (χ3n) is 7.49. The summed E-state index contributed by atoms with van der Waals surface area (Å²) in [6.45, 7) is -0.287. The first-order valence-electron chi connectivity index (χ1n) is 13.6. The molecule has 0 aromatic carbocycles. The molecule has 12 N–H and O–H groups in total. The average Bonchev–Trinajstić information content (AvgIpc) is 2.95. The molecular weight excluding hydrogens is 604 g/mol. The minimum absolute atomic E-state index is 0.623. The minimum atomic E-state index is -2.73. The minimum Gasteiger partial charge on any atom is -0.477 e. The molecule has 1 unspecified atom stereocenters. The van der Waals surface area contributed by atoms with Gasteiger partial charge in [-0.2, -0.15) is 0 Å². The van der Waals surface area contributed by atoms with E-state index in [-0.39, 0.29) is 0 Å². The topological polar surface area (TPSA) is 324 Å². The van der Waals surface area contributed by atoms with Gasteiger partial charge in [-0.25, -0.2) is 4.79 Å². The Bertz CT molecular complexity index is 1010. The lowest BCUT2D eigenvalue weighted by atomic mass is 9.92. The van der Waals surface area contributed by atoms with Gasteiger partial charge in [0.25, 0.3) is 5.79 Å². The first kappa shape index (κ1) is 36.3. The lowest BCUT2D eigenvalue weighted by molar-refractivity contribution is -0.341. The highest BCUT2D eigenvalue weighted by Gasteiger charge is 2.56. The molecule has 0 radical (unpaired) electrons. The normalized spacial score (nSPS) is 43.6. The SMILES string of the molecule is CC(=O)N[C@H]1[C@H](OC[C@H]2OC(O)[C@H](NC(C)=O)[C@@H](O)[C@@H]2O)O[C@H](CO[C@]2(C(=O)O)C[C@@H](O)[C@@H](O)[C@@H]([C@H](O)CO)O2)[C@@H](O)[C@@H]1O. The molecule has 20 nitrogen and oxygen atoms in total. The molecule has 20 heteroatoms. The van der Waals surface area contributed by atoms with Gasteiger partial charge < -0.3 is 85.4 Å². The van der Waals surface area contributed by atoms with Crippen LogP contribution in [0.25, 0.3) is 0 Å². The molecular formula is C24H40N2O18. The van der Waals surface area contributed by atoms with Gasteiger partial charge in [-0.1, -0.05) is 0 Å². The summed E-state index contributed by atoms with van der Waals surface area (Å²) in [4.78, 5) is 35.3. The van der Waals surface area contributed by atoms with Crippen LogP contribution in [0.2, 0.25) is 0 Å². The second-order valence-electron chi connectivity index (χ2n) is 10.8. The number of rotatable bonds is 11. The van der Waals surface area contributed by atoms with E-state index in [1.165, 1.54) is 0 Å². The maximum absolute atomic E-state index is 12.2. The summed E-state index contributed by atoms with van der Waals surface area (Å²) in [7, 11) is 0. The molecule has 3 saturated heterocycles. The van der Waals surface area contributed by atoms with E-state index >= 15 is 0 Å². The van der Waals surface area contributed by atoms with Crippen LogP contribution in [0.15, 0.2) is 0 Å². The van der Waals surface area contributed by atoms with Crippen molar-refractivity contribution in [1.82, 2.24) is 10.6 Å². The van der Waals surface area contributed by atoms with Gasteiger partial charge in [-0.15, -0.1) is 0 Å². The summed E-state index contributed by atoms with van der Waals surface area (Å²) < 4.78 is 27.2. The molecule has 0 aliphatic carbocycles. The van der Waals surface area contributed by atoms with E-state index in [0.717, 1.165) is 13.8 Å². The Kier molecular flexibility index (Phi) is 12.3. The zero-order valence-corrected chi connectivity index (χ0v) is 23.6. The third-order valence-corrected chi connectivity index (χ3v) is 7.49. The summed E-state index contributed by atoms with van der Waals surface area (Å²) in [6.07, 6.45) is -21.6. The molecule has 3 aliphatic heterocycles. The smallest absolute Gasteiger partial charge is 0.364 e. The second-order valence-corrected chi connectivity index (χ2v) is 10.8. The van der Waals surface area contributed by atoms with Crippen LogP contribution in [0.3, 0.4) is 0 Å². The van der Waals surface area contributed by atoms with Crippen molar-refractivity contribution in [1.29, 1.82) is 0 Å². The average molecular weight is 645 g/mol. The molecule has 3 rings (SSSR count). The van der Waals surface area contributed by atoms with E-state index in [4.69, 9.17) is 23.7 Å². The number of hydrogen-bond donors (Lipinski definition) is 12. The van der Waals surface area contributed by atoms with Crippen LogP contribution < -0.4 is 10.6 Å². The highest BCUT2D eigenvalue weighted by atomic mass is 16.7. The molecule has 44 heavy (non-hydrogen) atoms. The van der Waals surface area contributed by atoms with Crippen molar-refractivity contribution in [3.63, 3.8) is 0 Å². The van der Waals surface area contributed by atoms with Crippen LogP contribution in [-0.2, 0) is 38.1 Å². The van der Waals surface area contributed by atoms with Crippen LogP contribution in [0.4, 0.5) is 0 Å². The van der Waals surface area contributed by atoms with E-state index in [9.17, 15) is 65.4 Å². The first-order chi connectivity index (χ1) is 20.5. The summed E-state index contributed by atoms with van der Waals surface area (Å²) in [5.41, 5.74) is 0. The lowest BCUT2D eigenvalue weighted by Crippen LogP contribution is -2.67. The number of hydrogen-bond acceptors (Lipinski definition) is 17. The predicted octanol–water partition coefficient (Wildman–Crippen LogP) is -7.44. The Hall–Kier alpha value is -2.15. The maximum atomic E-state index is 12.2. The van der Waals surface area contributed by atoms with Crippen molar-refractivity contribution in [2.24, 2.45) is 0 Å². The molecule has 2 amide bonds. The zero-order chi connectivity index (χ0) is 33.1. The number of nitrogens with one attached hydrogen (secondary N) is 2. The fourth-order valence-corrected chi connectivity index (χ4v) is 5.14. The first-order valence-corrected chi connectivity index (χ1v) is 13.6. The van der Waals surface area contributed by atoms with Crippen molar-refractivity contribution in [2.75, 3.05) is 19.8 Å². The van der Waals surface area contributed by atoms with Gasteiger partial charge in [-0.3, -0.25) is 9.59 Å². The Labute approximate surface area is 249 Å². The molecule has 0 saturated carbocycles. The standard InChI is InChI=1S/C24H40N2O18/c1-7(28)25-13-18(35)16(33)11(42-21(13)37)5-40-22-14(26-8(2)29)19(36)17(34)12(43-22)6-41-24(23(38)39)3-9(30)15(32)20(44-24)10(31)4-27/h9-22,27,30-37H,3-6H2,1-2H3,(H,25,28)(H,26,29)(H,38,39)/t9-,10-,11-,12-,13-,14-,15-,16-,17-,18-,19-,20-,21?,22-,24-/m1/s1. The lowest BCUT2D eigenvalue weighted by Gasteiger charge is -2.46. The fourth-order valence-electron chi connectivity index (χ4n) is 5.14. The van der Waals surface area contributed by atoms with Gasteiger partial charge in [0, 0.05) is 20.3 Å². The fraction of sp³-hybridized carbons (Fsp3) is 0.875. The summed E-state index contributed by atoms with van der Waals surface area (Å²) in [5, 5.41) is 107. The number of aliphatic carboxylic acids is 1. The van der Waals surface area contributed by atoms with Crippen LogP contribution >= 0.6 is 0 Å². The third kappa shape index (κ3) is 7.97. The molecule has 15 atom stereocenters. The van der Waals surface area contributed by atoms with Gasteiger partial charge in [-0.05, 0) is 0 Å². The van der Waals surface area contributed by atoms with Gasteiger partial charge in [0.2, 0.25) is 11.8 Å². The number of aliphatic hydroxyl groups excluding tert-OH is 9. The van der Waals surface area contributed by atoms with Crippen molar-refractivity contribution < 1.29 is 89.1 Å². The quantitative estimate of drug-likeness (QED) is 0.0993. The van der Waals surface area contributed by atoms with E-state index in [0.29, 0.717) is 0 Å². The van der Waals surface area contributed by atoms with Crippen molar-refractivity contribution >= 4 is 17.8 Å². The number of aliphatic hydroxyl groups is 9. The van der Waals surface area contributed by atoms with Gasteiger partial charge in [0.05, 0.1) is 25.9 Å². The van der Waals surface area contributed by atoms with E-state index in [2.05, 4.69) is 10.6 Å². The maximum Gasteiger partial charge on any atom is 0.364 e. The van der Waals surface area contributed by atoms with Crippen LogP contribution in [-0.4, -0.2) is 180 Å². The number of amides is 2. The van der Waals surface area contributed by atoms with E-state index < -0.39 is 136 Å². The molecule has 254 valence electrons. The molecule has 0 bridgehead atoms. The van der Waals surface area contributed by atoms with Gasteiger partial charge >= 0.3 is 5.97 Å². The van der Waals surface area contributed by atoms with E-state index in [1.54, 1.807) is 0 Å². The van der Waals surface area contributed by atoms with Crippen LogP contribution in [0, 0.1) is 0 Å². The number of carbonyl (C=O) groups excluding carboxylic acids is 2. The number of ether oxygens (including phenoxy) is 5. The molecule has 3 fully saturated rings. The van der Waals surface area contributed by atoms with Crippen LogP contribution in [0.1, 0.15) is 20.3 Å². The monoisotopic (exact) mass is 644 g/mol. The summed E-state index contributed by atoms with van der Waals surface area (Å²) >= 11 is 0. The number of carbonyl (C=O) groups is 3. The zero-order valence-electron chi connectivity index (χ0n) is 23.6. The number of carboxylic acids is 1. The molecule has 0 spiro atoms. The Balaban J connectivity index is 1.76. The molecule has 3 heterocycles. The van der Waals surface area contributed by atoms with Crippen LogP contribution in [0.5, 0.6) is 0 Å². The Morgan fingerprint density at radius 1 is 0.841 bits per heavy atom. The Morgan fingerprint density at radius 2 is 1.39 bits per heavy atom. The van der Waals surface area contributed by atoms with E-state index in [1.807, 2.05) is 0 Å². The van der Waals surface area contributed by atoms with Crippen molar-refractivity contribution in [2.45, 2.75) is 112 Å².